The lowest BCUT2D eigenvalue weighted by atomic mass is 10.0. The summed E-state index contributed by atoms with van der Waals surface area (Å²) in [6.45, 7) is 2.18. The Hall–Kier alpha value is -2.34. The number of urea groups is 1. The fourth-order valence-corrected chi connectivity index (χ4v) is 2.65. The number of methoxy groups -OCH3 is 1. The monoisotopic (exact) mass is 318 g/mol. The number of rotatable bonds is 5. The zero-order valence-corrected chi connectivity index (χ0v) is 12.9. The van der Waals surface area contributed by atoms with Crippen LogP contribution in [-0.4, -0.2) is 37.7 Å². The van der Waals surface area contributed by atoms with E-state index in [1.54, 1.807) is 42.5 Å². The summed E-state index contributed by atoms with van der Waals surface area (Å²) in [6.07, 6.45) is 1.55. The first-order chi connectivity index (χ1) is 11.2. The highest BCUT2D eigenvalue weighted by atomic mass is 19.1. The van der Waals surface area contributed by atoms with E-state index in [0.717, 1.165) is 0 Å². The number of benzene rings is 1. The third-order valence-electron chi connectivity index (χ3n) is 3.94. The van der Waals surface area contributed by atoms with Crippen LogP contribution in [0.4, 0.5) is 9.18 Å². The van der Waals surface area contributed by atoms with Gasteiger partial charge in [0, 0.05) is 43.8 Å². The minimum Gasteiger partial charge on any atom is -0.464 e. The number of amides is 2. The maximum absolute atomic E-state index is 14.1. The summed E-state index contributed by atoms with van der Waals surface area (Å²) < 4.78 is 24.4. The Balaban J connectivity index is 1.54. The lowest BCUT2D eigenvalue weighted by Gasteiger charge is -2.38. The summed E-state index contributed by atoms with van der Waals surface area (Å²) in [6, 6.07) is 8.21. The molecule has 1 N–H and O–H groups in total. The second kappa shape index (κ2) is 6.83. The van der Waals surface area contributed by atoms with Crippen LogP contribution >= 0.6 is 0 Å². The van der Waals surface area contributed by atoms with Gasteiger partial charge in [-0.05, 0) is 18.2 Å². The van der Waals surface area contributed by atoms with Gasteiger partial charge in [-0.15, -0.1) is 0 Å². The van der Waals surface area contributed by atoms with Gasteiger partial charge < -0.3 is 19.4 Å². The zero-order valence-electron chi connectivity index (χ0n) is 12.9. The van der Waals surface area contributed by atoms with Crippen molar-refractivity contribution in [3.8, 4) is 11.3 Å². The minimum atomic E-state index is -0.361. The van der Waals surface area contributed by atoms with Gasteiger partial charge in [0.05, 0.1) is 12.9 Å². The van der Waals surface area contributed by atoms with E-state index in [1.807, 2.05) is 0 Å². The molecule has 2 heterocycles. The molecular formula is C17H19FN2O3. The van der Waals surface area contributed by atoms with E-state index >= 15 is 0 Å². The van der Waals surface area contributed by atoms with Crippen LogP contribution in [0.2, 0.25) is 0 Å². The van der Waals surface area contributed by atoms with Crippen molar-refractivity contribution >= 4 is 6.03 Å². The van der Waals surface area contributed by atoms with Gasteiger partial charge in [0.1, 0.15) is 11.6 Å². The molecule has 0 aliphatic carbocycles. The summed E-state index contributed by atoms with van der Waals surface area (Å²) in [5, 5.41) is 2.74. The van der Waals surface area contributed by atoms with Crippen molar-refractivity contribution in [2.45, 2.75) is 6.54 Å². The first-order valence-electron chi connectivity index (χ1n) is 7.51. The molecule has 2 aromatic rings. The van der Waals surface area contributed by atoms with Crippen LogP contribution in [0.5, 0.6) is 0 Å². The first kappa shape index (κ1) is 15.6. The Labute approximate surface area is 134 Å². The number of hydrogen-bond acceptors (Lipinski definition) is 3. The molecule has 0 atom stereocenters. The molecule has 1 aliphatic rings. The summed E-state index contributed by atoms with van der Waals surface area (Å²) in [4.78, 5) is 13.6. The third-order valence-corrected chi connectivity index (χ3v) is 3.94. The predicted octanol–water partition coefficient (Wildman–Crippen LogP) is 2.87. The molecular weight excluding hydrogens is 299 g/mol. The molecule has 0 unspecified atom stereocenters. The van der Waals surface area contributed by atoms with Crippen LogP contribution in [0.15, 0.2) is 41.0 Å². The Morgan fingerprint density at radius 2 is 2.26 bits per heavy atom. The molecule has 122 valence electrons. The van der Waals surface area contributed by atoms with Crippen molar-refractivity contribution in [3.63, 3.8) is 0 Å². The third kappa shape index (κ3) is 3.53. The van der Waals surface area contributed by atoms with Gasteiger partial charge in [-0.1, -0.05) is 12.1 Å². The maximum Gasteiger partial charge on any atom is 0.317 e. The summed E-state index contributed by atoms with van der Waals surface area (Å²) in [5.74, 6) is 0.652. The van der Waals surface area contributed by atoms with Gasteiger partial charge >= 0.3 is 6.03 Å². The lowest BCUT2D eigenvalue weighted by Crippen LogP contribution is -2.54. The standard InChI is InChI=1S/C17H19FN2O3/c1-22-11-12-9-20(10-12)17(21)19-8-14-5-4-13(7-15(14)18)16-3-2-6-23-16/h2-7,12H,8-11H2,1H3,(H,19,21). The van der Waals surface area contributed by atoms with E-state index in [4.69, 9.17) is 9.15 Å². The molecule has 0 spiro atoms. The SMILES string of the molecule is COCC1CN(C(=O)NCc2ccc(-c3ccco3)cc2F)C1. The Morgan fingerprint density at radius 3 is 2.91 bits per heavy atom. The Kier molecular flexibility index (Phi) is 4.62. The van der Waals surface area contributed by atoms with Gasteiger partial charge in [0.25, 0.3) is 0 Å². The van der Waals surface area contributed by atoms with Crippen LogP contribution in [-0.2, 0) is 11.3 Å². The number of carbonyl (C=O) groups is 1. The molecule has 6 heteroatoms. The van der Waals surface area contributed by atoms with Crippen LogP contribution < -0.4 is 5.32 Å². The summed E-state index contributed by atoms with van der Waals surface area (Å²) in [7, 11) is 1.65. The Morgan fingerprint density at radius 1 is 1.43 bits per heavy atom. The van der Waals surface area contributed by atoms with Gasteiger partial charge in [-0.25, -0.2) is 9.18 Å². The number of nitrogens with one attached hydrogen (secondary N) is 1. The first-order valence-corrected chi connectivity index (χ1v) is 7.51. The van der Waals surface area contributed by atoms with E-state index in [2.05, 4.69) is 5.32 Å². The molecule has 5 nitrogen and oxygen atoms in total. The van der Waals surface area contributed by atoms with E-state index < -0.39 is 0 Å². The average molecular weight is 318 g/mol. The number of likely N-dealkylation sites (tertiary alicyclic amines) is 1. The van der Waals surface area contributed by atoms with E-state index in [1.165, 1.54) is 6.07 Å². The molecule has 1 aromatic heterocycles. The summed E-state index contributed by atoms with van der Waals surface area (Å²) >= 11 is 0. The van der Waals surface area contributed by atoms with Gasteiger partial charge in [0.15, 0.2) is 0 Å². The average Bonchev–Trinajstić information content (AvgIpc) is 3.03. The number of nitrogens with zero attached hydrogens (tertiary/aromatic N) is 1. The lowest BCUT2D eigenvalue weighted by molar-refractivity contribution is 0.0554. The number of halogens is 1. The van der Waals surface area contributed by atoms with Crippen molar-refractivity contribution in [1.29, 1.82) is 0 Å². The van der Waals surface area contributed by atoms with Crippen molar-refractivity contribution in [2.75, 3.05) is 26.8 Å². The topological polar surface area (TPSA) is 54.7 Å². The van der Waals surface area contributed by atoms with Crippen molar-refractivity contribution in [2.24, 2.45) is 5.92 Å². The number of ether oxygens (including phenoxy) is 1. The molecule has 0 radical (unpaired) electrons. The van der Waals surface area contributed by atoms with Crippen LogP contribution in [0.1, 0.15) is 5.56 Å². The molecule has 0 bridgehead atoms. The molecule has 1 aliphatic heterocycles. The van der Waals surface area contributed by atoms with Crippen molar-refractivity contribution in [3.05, 3.63) is 48.0 Å². The smallest absolute Gasteiger partial charge is 0.317 e. The molecule has 1 saturated heterocycles. The fourth-order valence-electron chi connectivity index (χ4n) is 2.65. The van der Waals surface area contributed by atoms with E-state index in [-0.39, 0.29) is 18.4 Å². The molecule has 3 rings (SSSR count). The maximum atomic E-state index is 14.1. The highest BCUT2D eigenvalue weighted by Gasteiger charge is 2.30. The van der Waals surface area contributed by atoms with Crippen LogP contribution in [0.25, 0.3) is 11.3 Å². The van der Waals surface area contributed by atoms with Gasteiger partial charge in [-0.3, -0.25) is 0 Å². The largest absolute Gasteiger partial charge is 0.464 e. The second-order valence-electron chi connectivity index (χ2n) is 5.67. The molecule has 2 amide bonds. The number of furan rings is 1. The number of hydrogen-bond donors (Lipinski definition) is 1. The van der Waals surface area contributed by atoms with Gasteiger partial charge in [0.2, 0.25) is 0 Å². The molecule has 1 aromatic carbocycles. The van der Waals surface area contributed by atoms with E-state index in [9.17, 15) is 9.18 Å². The zero-order chi connectivity index (χ0) is 16.2. The molecule has 23 heavy (non-hydrogen) atoms. The van der Waals surface area contributed by atoms with Gasteiger partial charge in [-0.2, -0.15) is 0 Å². The molecule has 0 saturated carbocycles. The highest BCUT2D eigenvalue weighted by molar-refractivity contribution is 5.75. The van der Waals surface area contributed by atoms with E-state index in [0.29, 0.717) is 42.5 Å². The predicted molar refractivity (Wildman–Crippen MR) is 83.3 cm³/mol. The highest BCUT2D eigenvalue weighted by Crippen LogP contribution is 2.22. The minimum absolute atomic E-state index is 0.161. The van der Waals surface area contributed by atoms with Crippen molar-refractivity contribution < 1.29 is 18.3 Å². The normalized spacial score (nSPS) is 14.6. The van der Waals surface area contributed by atoms with Crippen molar-refractivity contribution in [1.82, 2.24) is 10.2 Å². The molecule has 1 fully saturated rings. The van der Waals surface area contributed by atoms with Crippen LogP contribution in [0.3, 0.4) is 0 Å². The quantitative estimate of drug-likeness (QED) is 0.922. The number of carbonyl (C=O) groups excluding carboxylic acids is 1. The fraction of sp³-hybridized carbons (Fsp3) is 0.353. The second-order valence-corrected chi connectivity index (χ2v) is 5.67. The Bertz CT molecular complexity index is 666. The summed E-state index contributed by atoms with van der Waals surface area (Å²) in [5.41, 5.74) is 1.12. The van der Waals surface area contributed by atoms with Crippen LogP contribution in [0, 0.1) is 11.7 Å².